The highest BCUT2D eigenvalue weighted by molar-refractivity contribution is 5.80. The molecule has 0 aliphatic carbocycles. The molecule has 0 aliphatic rings. The minimum absolute atomic E-state index is 0.0215. The fourth-order valence-electron chi connectivity index (χ4n) is 3.13. The molecule has 0 unspecified atom stereocenters. The van der Waals surface area contributed by atoms with Crippen molar-refractivity contribution in [3.05, 3.63) is 75.1 Å². The van der Waals surface area contributed by atoms with E-state index in [1.165, 1.54) is 0 Å². The Balaban J connectivity index is 1.35. The second kappa shape index (κ2) is 8.66. The molecule has 0 fully saturated rings. The van der Waals surface area contributed by atoms with Crippen LogP contribution in [0.5, 0.6) is 5.75 Å². The molecule has 31 heavy (non-hydrogen) atoms. The highest BCUT2D eigenvalue weighted by Gasteiger charge is 2.10. The number of amides is 1. The Bertz CT molecular complexity index is 1340. The number of nitrogens with zero attached hydrogens (tertiary/aromatic N) is 3. The first-order valence-electron chi connectivity index (χ1n) is 9.59. The van der Waals surface area contributed by atoms with E-state index in [0.29, 0.717) is 22.4 Å². The third kappa shape index (κ3) is 4.37. The second-order valence-corrected chi connectivity index (χ2v) is 6.80. The SMILES string of the molecule is COc1ccc(-c2n[nH]c(CNC(=O)CCn3[nH]c(=O)c4ccccc4c3=O)n2)cc1. The number of fused-ring (bicyclic) bond motifs is 1. The number of H-pyrrole nitrogens is 2. The molecule has 3 N–H and O–H groups in total. The number of rotatable bonds is 7. The Kier molecular flexibility index (Phi) is 5.61. The molecule has 0 bridgehead atoms. The van der Waals surface area contributed by atoms with Gasteiger partial charge >= 0.3 is 0 Å². The van der Waals surface area contributed by atoms with Gasteiger partial charge in [0.15, 0.2) is 5.82 Å². The summed E-state index contributed by atoms with van der Waals surface area (Å²) < 4.78 is 6.28. The molecule has 2 aromatic heterocycles. The summed E-state index contributed by atoms with van der Waals surface area (Å²) in [5.74, 6) is 1.45. The number of hydrogen-bond donors (Lipinski definition) is 3. The van der Waals surface area contributed by atoms with Gasteiger partial charge in [0, 0.05) is 12.0 Å². The number of aryl methyl sites for hydroxylation is 1. The van der Waals surface area contributed by atoms with E-state index in [-0.39, 0.29) is 36.5 Å². The molecular weight excluding hydrogens is 400 g/mol. The van der Waals surface area contributed by atoms with Crippen molar-refractivity contribution in [1.82, 2.24) is 30.3 Å². The smallest absolute Gasteiger partial charge is 0.273 e. The Hall–Kier alpha value is -4.21. The van der Waals surface area contributed by atoms with Crippen molar-refractivity contribution in [3.8, 4) is 17.1 Å². The molecule has 4 aromatic rings. The van der Waals surface area contributed by atoms with Crippen LogP contribution >= 0.6 is 0 Å². The molecular formula is C21H20N6O4. The number of benzene rings is 2. The van der Waals surface area contributed by atoms with Crippen LogP contribution < -0.4 is 21.2 Å². The van der Waals surface area contributed by atoms with Gasteiger partial charge in [-0.05, 0) is 36.4 Å². The molecule has 2 aromatic carbocycles. The lowest BCUT2D eigenvalue weighted by atomic mass is 10.2. The summed E-state index contributed by atoms with van der Waals surface area (Å²) >= 11 is 0. The van der Waals surface area contributed by atoms with Crippen molar-refractivity contribution in [2.75, 3.05) is 7.11 Å². The van der Waals surface area contributed by atoms with Gasteiger partial charge in [-0.2, -0.15) is 5.10 Å². The quantitative estimate of drug-likeness (QED) is 0.411. The predicted octanol–water partition coefficient (Wildman–Crippen LogP) is 1.19. The van der Waals surface area contributed by atoms with Crippen LogP contribution in [-0.4, -0.2) is 38.0 Å². The Morgan fingerprint density at radius 1 is 1.10 bits per heavy atom. The normalized spacial score (nSPS) is 10.9. The molecule has 0 aliphatic heterocycles. The van der Waals surface area contributed by atoms with Crippen LogP contribution in [0.1, 0.15) is 12.2 Å². The zero-order valence-corrected chi connectivity index (χ0v) is 16.7. The standard InChI is InChI=1S/C21H20N6O4/c1-31-14-8-6-13(7-9-14)19-23-17(24-25-19)12-22-18(28)10-11-27-21(30)16-5-3-2-4-15(16)20(29)26-27/h2-9H,10-12H2,1H3,(H,22,28)(H,26,29)(H,23,24,25). The molecule has 0 saturated carbocycles. The second-order valence-electron chi connectivity index (χ2n) is 6.80. The van der Waals surface area contributed by atoms with Gasteiger partial charge < -0.3 is 10.1 Å². The molecule has 1 amide bonds. The molecule has 2 heterocycles. The van der Waals surface area contributed by atoms with Gasteiger partial charge in [-0.3, -0.25) is 24.6 Å². The van der Waals surface area contributed by atoms with Crippen molar-refractivity contribution in [3.63, 3.8) is 0 Å². The highest BCUT2D eigenvalue weighted by Crippen LogP contribution is 2.18. The maximum atomic E-state index is 12.5. The van der Waals surface area contributed by atoms with Crippen LogP contribution in [0.15, 0.2) is 58.1 Å². The van der Waals surface area contributed by atoms with Crippen molar-refractivity contribution in [2.24, 2.45) is 0 Å². The average molecular weight is 420 g/mol. The summed E-state index contributed by atoms with van der Waals surface area (Å²) in [7, 11) is 1.59. The number of carbonyl (C=O) groups is 1. The summed E-state index contributed by atoms with van der Waals surface area (Å²) in [5, 5.41) is 12.8. The van der Waals surface area contributed by atoms with Crippen molar-refractivity contribution < 1.29 is 9.53 Å². The molecule has 0 radical (unpaired) electrons. The first-order valence-corrected chi connectivity index (χ1v) is 9.59. The molecule has 158 valence electrons. The number of nitrogens with one attached hydrogen (secondary N) is 3. The lowest BCUT2D eigenvalue weighted by Crippen LogP contribution is -2.32. The summed E-state index contributed by atoms with van der Waals surface area (Å²) in [6.07, 6.45) is 0.0215. The van der Waals surface area contributed by atoms with E-state index in [1.54, 1.807) is 31.4 Å². The third-order valence-corrected chi connectivity index (χ3v) is 4.78. The maximum absolute atomic E-state index is 12.5. The summed E-state index contributed by atoms with van der Waals surface area (Å²) in [6.45, 7) is 0.212. The topological polar surface area (TPSA) is 135 Å². The van der Waals surface area contributed by atoms with Gasteiger partial charge in [-0.1, -0.05) is 12.1 Å². The van der Waals surface area contributed by atoms with Crippen molar-refractivity contribution in [2.45, 2.75) is 19.5 Å². The molecule has 4 rings (SSSR count). The fraction of sp³-hybridized carbons (Fsp3) is 0.190. The monoisotopic (exact) mass is 420 g/mol. The number of carbonyl (C=O) groups excluding carboxylic acids is 1. The van der Waals surface area contributed by atoms with E-state index in [1.807, 2.05) is 24.3 Å². The molecule has 0 atom stereocenters. The Morgan fingerprint density at radius 2 is 1.84 bits per heavy atom. The van der Waals surface area contributed by atoms with Gasteiger partial charge in [0.25, 0.3) is 11.1 Å². The van der Waals surface area contributed by atoms with Crippen LogP contribution in [0.3, 0.4) is 0 Å². The number of aromatic amines is 2. The van der Waals surface area contributed by atoms with E-state index in [0.717, 1.165) is 16.0 Å². The van der Waals surface area contributed by atoms with Gasteiger partial charge in [-0.15, -0.1) is 0 Å². The summed E-state index contributed by atoms with van der Waals surface area (Å²) in [5.41, 5.74) is 0.0972. The zero-order chi connectivity index (χ0) is 21.8. The molecule has 10 heteroatoms. The zero-order valence-electron chi connectivity index (χ0n) is 16.7. The number of hydrogen-bond acceptors (Lipinski definition) is 6. The lowest BCUT2D eigenvalue weighted by Gasteiger charge is -2.07. The largest absolute Gasteiger partial charge is 0.497 e. The van der Waals surface area contributed by atoms with Crippen LogP contribution in [0.2, 0.25) is 0 Å². The first-order chi connectivity index (χ1) is 15.0. The third-order valence-electron chi connectivity index (χ3n) is 4.78. The number of ether oxygens (including phenoxy) is 1. The first kappa shape index (κ1) is 20.1. The van der Waals surface area contributed by atoms with Gasteiger partial charge in [0.1, 0.15) is 11.6 Å². The van der Waals surface area contributed by atoms with Crippen molar-refractivity contribution >= 4 is 16.7 Å². The summed E-state index contributed by atoms with van der Waals surface area (Å²) in [6, 6.07) is 13.9. The van der Waals surface area contributed by atoms with Crippen LogP contribution in [0, 0.1) is 0 Å². The van der Waals surface area contributed by atoms with Crippen LogP contribution in [-0.2, 0) is 17.9 Å². The maximum Gasteiger partial charge on any atom is 0.273 e. The van der Waals surface area contributed by atoms with Crippen molar-refractivity contribution in [1.29, 1.82) is 0 Å². The Morgan fingerprint density at radius 3 is 2.58 bits per heavy atom. The number of methoxy groups -OCH3 is 1. The molecule has 0 spiro atoms. The van der Waals surface area contributed by atoms with E-state index in [4.69, 9.17) is 4.74 Å². The van der Waals surface area contributed by atoms with Gasteiger partial charge in [0.05, 0.1) is 31.0 Å². The minimum Gasteiger partial charge on any atom is -0.497 e. The summed E-state index contributed by atoms with van der Waals surface area (Å²) in [4.78, 5) is 41.2. The van der Waals surface area contributed by atoms with Crippen LogP contribution in [0.4, 0.5) is 0 Å². The van der Waals surface area contributed by atoms with E-state index < -0.39 is 0 Å². The van der Waals surface area contributed by atoms with Gasteiger partial charge in [0.2, 0.25) is 5.91 Å². The van der Waals surface area contributed by atoms with E-state index in [2.05, 4.69) is 25.6 Å². The van der Waals surface area contributed by atoms with E-state index in [9.17, 15) is 14.4 Å². The molecule has 0 saturated heterocycles. The lowest BCUT2D eigenvalue weighted by molar-refractivity contribution is -0.121. The van der Waals surface area contributed by atoms with Gasteiger partial charge in [-0.25, -0.2) is 9.67 Å². The predicted molar refractivity (Wildman–Crippen MR) is 114 cm³/mol. The highest BCUT2D eigenvalue weighted by atomic mass is 16.5. The fourth-order valence-corrected chi connectivity index (χ4v) is 3.13. The number of aromatic nitrogens is 5. The average Bonchev–Trinajstić information content (AvgIpc) is 3.28. The minimum atomic E-state index is -0.372. The molecule has 10 nitrogen and oxygen atoms in total. The Labute approximate surface area is 175 Å². The van der Waals surface area contributed by atoms with Crippen LogP contribution in [0.25, 0.3) is 22.2 Å². The van der Waals surface area contributed by atoms with E-state index >= 15 is 0 Å².